The van der Waals surface area contributed by atoms with Crippen molar-refractivity contribution in [2.75, 3.05) is 13.2 Å². The van der Waals surface area contributed by atoms with E-state index in [1.54, 1.807) is 11.3 Å². The third kappa shape index (κ3) is 4.65. The minimum absolute atomic E-state index is 0.0877. The minimum atomic E-state index is -0.809. The molecule has 3 nitrogen and oxygen atoms in total. The number of rotatable bonds is 6. The zero-order valence-electron chi connectivity index (χ0n) is 7.23. The maximum absolute atomic E-state index is 10.1. The van der Waals surface area contributed by atoms with Gasteiger partial charge in [-0.05, 0) is 11.4 Å². The Labute approximate surface area is 81.0 Å². The van der Waals surface area contributed by atoms with Gasteiger partial charge in [0.25, 0.3) is 0 Å². The van der Waals surface area contributed by atoms with Gasteiger partial charge in [-0.15, -0.1) is 11.3 Å². The smallest absolute Gasteiger partial charge is 0.305 e. The fourth-order valence-electron chi connectivity index (χ4n) is 0.889. The van der Waals surface area contributed by atoms with Crippen LogP contribution in [0.3, 0.4) is 0 Å². The molecule has 1 rings (SSSR count). The van der Waals surface area contributed by atoms with Gasteiger partial charge in [-0.3, -0.25) is 4.79 Å². The summed E-state index contributed by atoms with van der Waals surface area (Å²) in [6, 6.07) is 4.04. The van der Waals surface area contributed by atoms with Crippen LogP contribution in [0.5, 0.6) is 0 Å². The van der Waals surface area contributed by atoms with E-state index < -0.39 is 5.97 Å². The van der Waals surface area contributed by atoms with Crippen LogP contribution in [0.15, 0.2) is 17.5 Å². The zero-order chi connectivity index (χ0) is 9.52. The second-order valence-corrected chi connectivity index (χ2v) is 3.62. The fourth-order valence-corrected chi connectivity index (χ4v) is 1.58. The van der Waals surface area contributed by atoms with Gasteiger partial charge in [-0.2, -0.15) is 0 Å². The third-order valence-electron chi connectivity index (χ3n) is 1.53. The Hall–Kier alpha value is -0.870. The monoisotopic (exact) mass is 200 g/mol. The first-order valence-corrected chi connectivity index (χ1v) is 4.99. The van der Waals surface area contributed by atoms with Crippen LogP contribution >= 0.6 is 11.3 Å². The van der Waals surface area contributed by atoms with Gasteiger partial charge in [0.1, 0.15) is 0 Å². The van der Waals surface area contributed by atoms with Gasteiger partial charge in [-0.1, -0.05) is 6.07 Å². The molecule has 0 atom stereocenters. The topological polar surface area (TPSA) is 46.5 Å². The first kappa shape index (κ1) is 10.2. The molecule has 0 saturated heterocycles. The summed E-state index contributed by atoms with van der Waals surface area (Å²) < 4.78 is 5.14. The Morgan fingerprint density at radius 2 is 2.38 bits per heavy atom. The van der Waals surface area contributed by atoms with Crippen LogP contribution in [0.2, 0.25) is 0 Å². The molecule has 0 bridgehead atoms. The van der Waals surface area contributed by atoms with E-state index >= 15 is 0 Å². The molecule has 1 aromatic rings. The highest BCUT2D eigenvalue weighted by Gasteiger charge is 1.97. The van der Waals surface area contributed by atoms with Gasteiger partial charge >= 0.3 is 5.97 Å². The number of ether oxygens (including phenoxy) is 1. The van der Waals surface area contributed by atoms with Crippen LogP contribution in [0.1, 0.15) is 11.3 Å². The van der Waals surface area contributed by atoms with Gasteiger partial charge < -0.3 is 9.84 Å². The Bertz CT molecular complexity index is 243. The van der Waals surface area contributed by atoms with Gasteiger partial charge in [0.15, 0.2) is 0 Å². The molecule has 0 aliphatic rings. The summed E-state index contributed by atoms with van der Waals surface area (Å²) in [5, 5.41) is 10.3. The van der Waals surface area contributed by atoms with Crippen molar-refractivity contribution in [3.8, 4) is 0 Å². The predicted molar refractivity (Wildman–Crippen MR) is 51.1 cm³/mol. The predicted octanol–water partition coefficient (Wildman–Crippen LogP) is 1.78. The quantitative estimate of drug-likeness (QED) is 0.712. The zero-order valence-corrected chi connectivity index (χ0v) is 8.05. The summed E-state index contributed by atoms with van der Waals surface area (Å²) >= 11 is 1.69. The van der Waals surface area contributed by atoms with Crippen LogP contribution in [0, 0.1) is 0 Å². The fraction of sp³-hybridized carbons (Fsp3) is 0.444. The van der Waals surface area contributed by atoms with Crippen LogP contribution in [0.4, 0.5) is 0 Å². The van der Waals surface area contributed by atoms with E-state index in [0.717, 1.165) is 6.42 Å². The maximum Gasteiger partial charge on any atom is 0.305 e. The molecular weight excluding hydrogens is 188 g/mol. The number of hydrogen-bond donors (Lipinski definition) is 1. The molecule has 0 amide bonds. The summed E-state index contributed by atoms with van der Waals surface area (Å²) in [6.45, 7) is 0.911. The lowest BCUT2D eigenvalue weighted by Crippen LogP contribution is -2.04. The second kappa shape index (κ2) is 5.72. The standard InChI is InChI=1S/C9H12O3S/c10-9(11)4-6-12-5-3-8-2-1-7-13-8/h1-2,7H,3-6H2,(H,10,11). The largest absolute Gasteiger partial charge is 0.481 e. The molecule has 1 N–H and O–H groups in total. The summed E-state index contributed by atoms with van der Waals surface area (Å²) in [4.78, 5) is 11.4. The van der Waals surface area contributed by atoms with Gasteiger partial charge in [0.2, 0.25) is 0 Å². The molecule has 0 aliphatic carbocycles. The van der Waals surface area contributed by atoms with E-state index in [4.69, 9.17) is 9.84 Å². The van der Waals surface area contributed by atoms with Crippen molar-refractivity contribution in [3.63, 3.8) is 0 Å². The van der Waals surface area contributed by atoms with Crippen LogP contribution in [0.25, 0.3) is 0 Å². The number of hydrogen-bond acceptors (Lipinski definition) is 3. The molecule has 0 saturated carbocycles. The summed E-state index contributed by atoms with van der Waals surface area (Å²) in [6.07, 6.45) is 0.960. The molecule has 0 unspecified atom stereocenters. The van der Waals surface area contributed by atoms with Crippen molar-refractivity contribution < 1.29 is 14.6 Å². The van der Waals surface area contributed by atoms with E-state index in [2.05, 4.69) is 0 Å². The average Bonchev–Trinajstić information content (AvgIpc) is 2.55. The molecule has 0 aliphatic heterocycles. The SMILES string of the molecule is O=C(O)CCOCCc1cccs1. The van der Waals surface area contributed by atoms with Crippen LogP contribution < -0.4 is 0 Å². The molecule has 13 heavy (non-hydrogen) atoms. The Kier molecular flexibility index (Phi) is 4.49. The van der Waals surface area contributed by atoms with Crippen molar-refractivity contribution in [2.45, 2.75) is 12.8 Å². The van der Waals surface area contributed by atoms with E-state index in [0.29, 0.717) is 13.2 Å². The summed E-state index contributed by atoms with van der Waals surface area (Å²) in [5.74, 6) is -0.809. The molecule has 1 aromatic heterocycles. The van der Waals surface area contributed by atoms with E-state index in [9.17, 15) is 4.79 Å². The van der Waals surface area contributed by atoms with Crippen molar-refractivity contribution in [2.24, 2.45) is 0 Å². The number of carboxylic acid groups (broad SMARTS) is 1. The Balaban J connectivity index is 1.99. The van der Waals surface area contributed by atoms with Crippen LogP contribution in [-0.2, 0) is 16.0 Å². The molecule has 0 radical (unpaired) electrons. The van der Waals surface area contributed by atoms with E-state index in [-0.39, 0.29) is 6.42 Å². The molecule has 72 valence electrons. The van der Waals surface area contributed by atoms with Crippen molar-refractivity contribution in [1.82, 2.24) is 0 Å². The summed E-state index contributed by atoms with van der Waals surface area (Å²) in [7, 11) is 0. The number of carboxylic acids is 1. The minimum Gasteiger partial charge on any atom is -0.481 e. The molecule has 0 fully saturated rings. The van der Waals surface area contributed by atoms with Gasteiger partial charge in [0, 0.05) is 11.3 Å². The molecule has 1 heterocycles. The van der Waals surface area contributed by atoms with Gasteiger partial charge in [0.05, 0.1) is 19.6 Å². The third-order valence-corrected chi connectivity index (χ3v) is 2.47. The molecule has 0 spiro atoms. The summed E-state index contributed by atoms with van der Waals surface area (Å²) in [5.41, 5.74) is 0. The van der Waals surface area contributed by atoms with Crippen molar-refractivity contribution >= 4 is 17.3 Å². The number of aliphatic carboxylic acids is 1. The van der Waals surface area contributed by atoms with E-state index in [1.165, 1.54) is 4.88 Å². The lowest BCUT2D eigenvalue weighted by atomic mass is 10.4. The molecule has 0 aromatic carbocycles. The first-order chi connectivity index (χ1) is 6.29. The van der Waals surface area contributed by atoms with Crippen molar-refractivity contribution in [3.05, 3.63) is 22.4 Å². The highest BCUT2D eigenvalue weighted by molar-refractivity contribution is 7.09. The normalized spacial score (nSPS) is 10.2. The first-order valence-electron chi connectivity index (χ1n) is 4.11. The number of thiophene rings is 1. The van der Waals surface area contributed by atoms with Crippen LogP contribution in [-0.4, -0.2) is 24.3 Å². The number of carbonyl (C=O) groups is 1. The lowest BCUT2D eigenvalue weighted by Gasteiger charge is -1.99. The maximum atomic E-state index is 10.1. The second-order valence-electron chi connectivity index (χ2n) is 2.59. The Morgan fingerprint density at radius 1 is 1.54 bits per heavy atom. The lowest BCUT2D eigenvalue weighted by molar-refractivity contribution is -0.138. The highest BCUT2D eigenvalue weighted by Crippen LogP contribution is 2.08. The molecular formula is C9H12O3S. The average molecular weight is 200 g/mol. The highest BCUT2D eigenvalue weighted by atomic mass is 32.1. The van der Waals surface area contributed by atoms with Crippen molar-refractivity contribution in [1.29, 1.82) is 0 Å². The Morgan fingerprint density at radius 3 is 3.00 bits per heavy atom. The van der Waals surface area contributed by atoms with E-state index in [1.807, 2.05) is 17.5 Å². The molecule has 4 heteroatoms. The van der Waals surface area contributed by atoms with Gasteiger partial charge in [-0.25, -0.2) is 0 Å².